The van der Waals surface area contributed by atoms with Crippen molar-refractivity contribution in [2.45, 2.75) is 52.7 Å². The highest BCUT2D eigenvalue weighted by Crippen LogP contribution is 2.34. The fourth-order valence-corrected chi connectivity index (χ4v) is 3.57. The SMILES string of the molecule is CC(C)(C)OB(OC(C)(C)C)c1cc2ccccc2c2c1oc1ccccc12. The zero-order chi connectivity index (χ0) is 20.1. The van der Waals surface area contributed by atoms with E-state index in [1.165, 1.54) is 5.39 Å². The molecule has 0 fully saturated rings. The van der Waals surface area contributed by atoms with Crippen LogP contribution in [0.5, 0.6) is 0 Å². The molecule has 0 spiro atoms. The van der Waals surface area contributed by atoms with E-state index in [0.717, 1.165) is 32.8 Å². The molecular weight excluding hydrogens is 347 g/mol. The van der Waals surface area contributed by atoms with Gasteiger partial charge in [0.15, 0.2) is 0 Å². The lowest BCUT2D eigenvalue weighted by molar-refractivity contribution is 0.0409. The van der Waals surface area contributed by atoms with Crippen molar-refractivity contribution in [1.29, 1.82) is 0 Å². The topological polar surface area (TPSA) is 31.6 Å². The van der Waals surface area contributed by atoms with Crippen LogP contribution in [-0.4, -0.2) is 18.3 Å². The van der Waals surface area contributed by atoms with Crippen LogP contribution in [0.4, 0.5) is 0 Å². The lowest BCUT2D eigenvalue weighted by Gasteiger charge is -2.30. The molecule has 3 aromatic carbocycles. The molecular formula is C24H27BO3. The Morgan fingerprint density at radius 2 is 1.32 bits per heavy atom. The summed E-state index contributed by atoms with van der Waals surface area (Å²) >= 11 is 0. The number of benzene rings is 3. The highest BCUT2D eigenvalue weighted by atomic mass is 16.6. The first-order valence-electron chi connectivity index (χ1n) is 9.81. The summed E-state index contributed by atoms with van der Waals surface area (Å²) in [6.07, 6.45) is 0. The Labute approximate surface area is 166 Å². The molecule has 0 bridgehead atoms. The molecule has 1 aromatic heterocycles. The lowest BCUT2D eigenvalue weighted by Crippen LogP contribution is -2.47. The quantitative estimate of drug-likeness (QED) is 0.408. The predicted octanol–water partition coefficient (Wildman–Crippen LogP) is 6.06. The van der Waals surface area contributed by atoms with Gasteiger partial charge >= 0.3 is 7.12 Å². The maximum absolute atomic E-state index is 6.37. The smallest absolute Gasteiger partial charge is 0.456 e. The van der Waals surface area contributed by atoms with Crippen molar-refractivity contribution in [1.82, 2.24) is 0 Å². The van der Waals surface area contributed by atoms with E-state index in [4.69, 9.17) is 13.7 Å². The van der Waals surface area contributed by atoms with Crippen molar-refractivity contribution in [3.05, 3.63) is 54.6 Å². The first kappa shape index (κ1) is 19.0. The third kappa shape index (κ3) is 3.67. The van der Waals surface area contributed by atoms with Crippen molar-refractivity contribution in [2.75, 3.05) is 0 Å². The Bertz CT molecular complexity index is 1130. The number of hydrogen-bond acceptors (Lipinski definition) is 3. The van der Waals surface area contributed by atoms with E-state index < -0.39 is 7.12 Å². The Morgan fingerprint density at radius 1 is 0.750 bits per heavy atom. The number of para-hydroxylation sites is 1. The first-order valence-corrected chi connectivity index (χ1v) is 9.81. The molecule has 1 heterocycles. The van der Waals surface area contributed by atoms with Gasteiger partial charge in [-0.25, -0.2) is 0 Å². The molecule has 144 valence electrons. The molecule has 0 radical (unpaired) electrons. The van der Waals surface area contributed by atoms with Gasteiger partial charge in [-0.1, -0.05) is 48.5 Å². The van der Waals surface area contributed by atoms with E-state index in [1.807, 2.05) is 59.7 Å². The Balaban J connectivity index is 2.05. The van der Waals surface area contributed by atoms with Gasteiger partial charge in [0.25, 0.3) is 0 Å². The second kappa shape index (κ2) is 6.65. The minimum Gasteiger partial charge on any atom is -0.456 e. The Kier molecular flexibility index (Phi) is 4.52. The molecule has 0 unspecified atom stereocenters. The van der Waals surface area contributed by atoms with Crippen LogP contribution in [0.2, 0.25) is 0 Å². The summed E-state index contributed by atoms with van der Waals surface area (Å²) in [4.78, 5) is 0. The van der Waals surface area contributed by atoms with Crippen LogP contribution in [0.1, 0.15) is 41.5 Å². The highest BCUT2D eigenvalue weighted by Gasteiger charge is 2.35. The van der Waals surface area contributed by atoms with Crippen molar-refractivity contribution in [3.63, 3.8) is 0 Å². The first-order chi connectivity index (χ1) is 13.1. The number of furan rings is 1. The van der Waals surface area contributed by atoms with Crippen LogP contribution < -0.4 is 5.46 Å². The molecule has 0 amide bonds. The van der Waals surface area contributed by atoms with E-state index in [0.29, 0.717) is 0 Å². The van der Waals surface area contributed by atoms with Crippen LogP contribution in [0.3, 0.4) is 0 Å². The summed E-state index contributed by atoms with van der Waals surface area (Å²) in [6.45, 7) is 12.3. The summed E-state index contributed by atoms with van der Waals surface area (Å²) in [5.41, 5.74) is 1.91. The summed E-state index contributed by atoms with van der Waals surface area (Å²) in [5.74, 6) is 0. The van der Waals surface area contributed by atoms with Crippen molar-refractivity contribution in [2.24, 2.45) is 0 Å². The highest BCUT2D eigenvalue weighted by molar-refractivity contribution is 6.65. The maximum Gasteiger partial charge on any atom is 0.498 e. The fraction of sp³-hybridized carbons (Fsp3) is 0.333. The summed E-state index contributed by atoms with van der Waals surface area (Å²) in [7, 11) is -0.535. The number of rotatable bonds is 3. The third-order valence-corrected chi connectivity index (χ3v) is 4.57. The van der Waals surface area contributed by atoms with E-state index in [-0.39, 0.29) is 11.2 Å². The van der Waals surface area contributed by atoms with Crippen molar-refractivity contribution in [3.8, 4) is 0 Å². The molecule has 4 aromatic rings. The average molecular weight is 374 g/mol. The normalized spacial score (nSPS) is 12.9. The van der Waals surface area contributed by atoms with Gasteiger partial charge in [0.2, 0.25) is 0 Å². The Hall–Kier alpha value is -2.30. The summed E-state index contributed by atoms with van der Waals surface area (Å²) < 4.78 is 19.1. The van der Waals surface area contributed by atoms with Crippen LogP contribution in [0.25, 0.3) is 32.7 Å². The average Bonchev–Trinajstić information content (AvgIpc) is 2.98. The van der Waals surface area contributed by atoms with Crippen molar-refractivity contribution < 1.29 is 13.7 Å². The Morgan fingerprint density at radius 3 is 1.96 bits per heavy atom. The van der Waals surface area contributed by atoms with Crippen LogP contribution in [0.15, 0.2) is 59.0 Å². The lowest BCUT2D eigenvalue weighted by atomic mass is 9.74. The summed E-state index contributed by atoms with van der Waals surface area (Å²) in [5, 5.41) is 4.55. The molecule has 0 N–H and O–H groups in total. The molecule has 28 heavy (non-hydrogen) atoms. The minimum absolute atomic E-state index is 0.361. The third-order valence-electron chi connectivity index (χ3n) is 4.57. The van der Waals surface area contributed by atoms with Gasteiger partial charge in [0, 0.05) is 27.4 Å². The van der Waals surface area contributed by atoms with Gasteiger partial charge in [0.1, 0.15) is 11.2 Å². The van der Waals surface area contributed by atoms with Crippen LogP contribution >= 0.6 is 0 Å². The molecule has 3 nitrogen and oxygen atoms in total. The monoisotopic (exact) mass is 374 g/mol. The van der Waals surface area contributed by atoms with E-state index in [9.17, 15) is 0 Å². The molecule has 0 saturated heterocycles. The molecule has 0 aliphatic heterocycles. The number of fused-ring (bicyclic) bond motifs is 5. The molecule has 0 aliphatic carbocycles. The van der Waals surface area contributed by atoms with E-state index in [2.05, 4.69) is 36.4 Å². The van der Waals surface area contributed by atoms with Gasteiger partial charge in [0.05, 0.1) is 0 Å². The van der Waals surface area contributed by atoms with Gasteiger partial charge < -0.3 is 13.7 Å². The standard InChI is InChI=1S/C24H27BO3/c1-23(2,3)27-25(28-24(4,5)6)19-15-16-11-7-8-12-17(16)21-18-13-9-10-14-20(18)26-22(19)21/h7-15H,1-6H3. The summed E-state index contributed by atoms with van der Waals surface area (Å²) in [6, 6.07) is 18.7. The van der Waals surface area contributed by atoms with E-state index in [1.54, 1.807) is 0 Å². The molecule has 4 rings (SSSR count). The minimum atomic E-state index is -0.535. The van der Waals surface area contributed by atoms with Gasteiger partial charge in [-0.3, -0.25) is 0 Å². The fourth-order valence-electron chi connectivity index (χ4n) is 3.57. The molecule has 0 atom stereocenters. The van der Waals surface area contributed by atoms with Gasteiger partial charge in [-0.2, -0.15) is 0 Å². The largest absolute Gasteiger partial charge is 0.498 e. The second-order valence-electron chi connectivity index (χ2n) is 9.28. The van der Waals surface area contributed by atoms with Crippen molar-refractivity contribution >= 4 is 45.3 Å². The number of hydrogen-bond donors (Lipinski definition) is 0. The molecule has 0 aliphatic rings. The van der Waals surface area contributed by atoms with Crippen LogP contribution in [-0.2, 0) is 9.31 Å². The molecule has 0 saturated carbocycles. The predicted molar refractivity (Wildman–Crippen MR) is 118 cm³/mol. The second-order valence-corrected chi connectivity index (χ2v) is 9.28. The maximum atomic E-state index is 6.37. The van der Waals surface area contributed by atoms with Crippen LogP contribution in [0, 0.1) is 0 Å². The zero-order valence-corrected chi connectivity index (χ0v) is 17.5. The van der Waals surface area contributed by atoms with Gasteiger partial charge in [-0.15, -0.1) is 0 Å². The molecule has 4 heteroatoms. The van der Waals surface area contributed by atoms with Gasteiger partial charge in [-0.05, 0) is 58.4 Å². The van der Waals surface area contributed by atoms with E-state index >= 15 is 0 Å². The zero-order valence-electron chi connectivity index (χ0n) is 17.5.